The van der Waals surface area contributed by atoms with Crippen LogP contribution in [-0.4, -0.2) is 0 Å². The van der Waals surface area contributed by atoms with Gasteiger partial charge in [-0.2, -0.15) is 18.1 Å². The molecule has 0 spiro atoms. The second-order valence-corrected chi connectivity index (χ2v) is 3.91. The summed E-state index contributed by atoms with van der Waals surface area (Å²) in [7, 11) is 0. The van der Waals surface area contributed by atoms with Crippen LogP contribution in [0.4, 0.5) is 0 Å². The van der Waals surface area contributed by atoms with E-state index in [0.717, 1.165) is 5.92 Å². The quantitative estimate of drug-likeness (QED) is 0.557. The Balaban J connectivity index is 0. The summed E-state index contributed by atoms with van der Waals surface area (Å²) in [5.74, 6) is 0.816. The predicted octanol–water partition coefficient (Wildman–Crippen LogP) is -2.08. The Kier molecular flexibility index (Phi) is 11.3. The molecule has 0 aromatic heterocycles. The molecule has 0 fully saturated rings. The molecule has 1 aliphatic rings. The third-order valence-corrected chi connectivity index (χ3v) is 2.96. The summed E-state index contributed by atoms with van der Waals surface area (Å²) in [5, 5.41) is 0. The predicted molar refractivity (Wildman–Crippen MR) is 56.7 cm³/mol. The standard InChI is InChI=1S/C13H17.2ClH.Zr/c1-2-3-6-11-9-10-12-7-4-5-8-13(11)12;;;/h4-5,7-8,10-11H,2-3,6,9H2,1H3;2*1H;/q-1;;;+3/p-2. The van der Waals surface area contributed by atoms with Crippen LogP contribution in [0.3, 0.4) is 0 Å². The minimum absolute atomic E-state index is 0. The zero-order valence-electron chi connectivity index (χ0n) is 9.55. The van der Waals surface area contributed by atoms with Crippen molar-refractivity contribution < 1.29 is 51.0 Å². The third-order valence-electron chi connectivity index (χ3n) is 2.96. The van der Waals surface area contributed by atoms with Gasteiger partial charge in [-0.15, -0.1) is 17.7 Å². The van der Waals surface area contributed by atoms with Gasteiger partial charge in [0.15, 0.2) is 0 Å². The van der Waals surface area contributed by atoms with Crippen LogP contribution in [0.15, 0.2) is 24.3 Å². The van der Waals surface area contributed by atoms with E-state index in [2.05, 4.69) is 37.6 Å². The molecule has 0 amide bonds. The van der Waals surface area contributed by atoms with Crippen molar-refractivity contribution in [2.45, 2.75) is 38.5 Å². The van der Waals surface area contributed by atoms with E-state index in [0.29, 0.717) is 0 Å². The summed E-state index contributed by atoms with van der Waals surface area (Å²) in [6.07, 6.45) is 7.70. The van der Waals surface area contributed by atoms with Gasteiger partial charge in [0.25, 0.3) is 0 Å². The van der Waals surface area contributed by atoms with Crippen molar-refractivity contribution in [2.24, 2.45) is 0 Å². The first-order valence-electron chi connectivity index (χ1n) is 5.34. The number of hydrogen-bond donors (Lipinski definition) is 0. The molecule has 1 unspecified atom stereocenters. The molecule has 0 heterocycles. The van der Waals surface area contributed by atoms with Gasteiger partial charge in [0.05, 0.1) is 0 Å². The molecule has 1 aromatic rings. The van der Waals surface area contributed by atoms with Gasteiger partial charge < -0.3 is 24.8 Å². The van der Waals surface area contributed by atoms with Crippen molar-refractivity contribution in [2.75, 3.05) is 0 Å². The fourth-order valence-corrected chi connectivity index (χ4v) is 2.19. The van der Waals surface area contributed by atoms with Crippen molar-refractivity contribution in [3.05, 3.63) is 41.8 Å². The Labute approximate surface area is 131 Å². The Morgan fingerprint density at radius 2 is 1.94 bits per heavy atom. The van der Waals surface area contributed by atoms with Crippen LogP contribution in [0.2, 0.25) is 0 Å². The average Bonchev–Trinajstić information content (AvgIpc) is 2.58. The van der Waals surface area contributed by atoms with Crippen molar-refractivity contribution in [3.8, 4) is 0 Å². The molecule has 0 N–H and O–H groups in total. The smallest absolute Gasteiger partial charge is 1.00 e. The Morgan fingerprint density at radius 1 is 1.25 bits per heavy atom. The molecule has 3 heteroatoms. The number of unbranched alkanes of at least 4 members (excludes halogenated alkanes) is 1. The number of halogens is 2. The first kappa shape index (κ1) is 18.9. The summed E-state index contributed by atoms with van der Waals surface area (Å²) in [6, 6.07) is 8.83. The molecule has 16 heavy (non-hydrogen) atoms. The molecule has 0 saturated carbocycles. The fourth-order valence-electron chi connectivity index (χ4n) is 2.19. The van der Waals surface area contributed by atoms with Crippen molar-refractivity contribution >= 4 is 0 Å². The number of rotatable bonds is 3. The number of fused-ring (bicyclic) bond motifs is 1. The second kappa shape index (κ2) is 9.57. The summed E-state index contributed by atoms with van der Waals surface area (Å²) >= 11 is 0. The third kappa shape index (κ3) is 4.43. The summed E-state index contributed by atoms with van der Waals surface area (Å²) in [5.41, 5.74) is 3.06. The maximum Gasteiger partial charge on any atom is 3.00 e. The maximum absolute atomic E-state index is 2.38. The normalized spacial score (nSPS) is 15.9. The van der Waals surface area contributed by atoms with Gasteiger partial charge >= 0.3 is 26.2 Å². The molecule has 87 valence electrons. The maximum atomic E-state index is 2.38. The van der Waals surface area contributed by atoms with E-state index in [9.17, 15) is 0 Å². The number of hydrogen-bond acceptors (Lipinski definition) is 0. The van der Waals surface area contributed by atoms with Crippen LogP contribution in [0.25, 0.3) is 0 Å². The van der Waals surface area contributed by atoms with Gasteiger partial charge in [-0.1, -0.05) is 44.6 Å². The van der Waals surface area contributed by atoms with E-state index in [4.69, 9.17) is 0 Å². The minimum atomic E-state index is 0. The van der Waals surface area contributed by atoms with Gasteiger partial charge in [-0.05, 0) is 0 Å². The first-order chi connectivity index (χ1) is 6.42. The van der Waals surface area contributed by atoms with E-state index in [1.807, 2.05) is 0 Å². The first-order valence-corrected chi connectivity index (χ1v) is 5.34. The topological polar surface area (TPSA) is 0 Å². The molecule has 1 radical (unpaired) electrons. The molecular formula is C13H17Cl2Zr. The zero-order valence-corrected chi connectivity index (χ0v) is 13.5. The van der Waals surface area contributed by atoms with E-state index in [1.54, 1.807) is 5.56 Å². The SMILES string of the molecule is CCCCC1C[CH-]c2ccccc21.[Cl-].[Cl-].[Zr+3]. The van der Waals surface area contributed by atoms with Gasteiger partial charge in [-0.3, -0.25) is 0 Å². The van der Waals surface area contributed by atoms with Gasteiger partial charge in [0.2, 0.25) is 0 Å². The summed E-state index contributed by atoms with van der Waals surface area (Å²) in [6.45, 7) is 2.27. The van der Waals surface area contributed by atoms with E-state index in [-0.39, 0.29) is 51.0 Å². The fraction of sp³-hybridized carbons (Fsp3) is 0.462. The summed E-state index contributed by atoms with van der Waals surface area (Å²) < 4.78 is 0. The molecule has 0 nitrogen and oxygen atoms in total. The molecule has 2 rings (SSSR count). The van der Waals surface area contributed by atoms with Crippen molar-refractivity contribution in [3.63, 3.8) is 0 Å². The molecule has 1 atom stereocenters. The van der Waals surface area contributed by atoms with Crippen molar-refractivity contribution in [1.82, 2.24) is 0 Å². The number of benzene rings is 1. The average molecular weight is 335 g/mol. The van der Waals surface area contributed by atoms with Gasteiger partial charge in [0.1, 0.15) is 0 Å². The van der Waals surface area contributed by atoms with Crippen LogP contribution in [0.5, 0.6) is 0 Å². The molecular weight excluding hydrogens is 318 g/mol. The monoisotopic (exact) mass is 333 g/mol. The molecule has 0 bridgehead atoms. The summed E-state index contributed by atoms with van der Waals surface area (Å²) in [4.78, 5) is 0. The van der Waals surface area contributed by atoms with E-state index >= 15 is 0 Å². The van der Waals surface area contributed by atoms with E-state index < -0.39 is 0 Å². The van der Waals surface area contributed by atoms with Crippen LogP contribution in [0, 0.1) is 6.42 Å². The molecule has 0 aliphatic heterocycles. The van der Waals surface area contributed by atoms with E-state index in [1.165, 1.54) is 31.2 Å². The van der Waals surface area contributed by atoms with Crippen LogP contribution in [0.1, 0.15) is 49.7 Å². The molecule has 0 saturated heterocycles. The molecule has 1 aliphatic carbocycles. The van der Waals surface area contributed by atoms with Gasteiger partial charge in [-0.25, -0.2) is 0 Å². The zero-order chi connectivity index (χ0) is 9.10. The Hall–Kier alpha value is 0.553. The minimum Gasteiger partial charge on any atom is -1.00 e. The van der Waals surface area contributed by atoms with Crippen molar-refractivity contribution in [1.29, 1.82) is 0 Å². The molecule has 1 aromatic carbocycles. The van der Waals surface area contributed by atoms with Crippen LogP contribution >= 0.6 is 0 Å². The largest absolute Gasteiger partial charge is 3.00 e. The Morgan fingerprint density at radius 3 is 2.62 bits per heavy atom. The van der Waals surface area contributed by atoms with Crippen LogP contribution < -0.4 is 24.8 Å². The van der Waals surface area contributed by atoms with Crippen LogP contribution in [-0.2, 0) is 26.2 Å². The van der Waals surface area contributed by atoms with Gasteiger partial charge in [0, 0.05) is 0 Å². The second-order valence-electron chi connectivity index (χ2n) is 3.91. The Bertz CT molecular complexity index is 289.